The van der Waals surface area contributed by atoms with Gasteiger partial charge in [0.1, 0.15) is 5.84 Å². The molecule has 2 bridgehead atoms. The summed E-state index contributed by atoms with van der Waals surface area (Å²) in [6.07, 6.45) is 4.84. The molecule has 3 unspecified atom stereocenters. The second-order valence-corrected chi connectivity index (χ2v) is 4.77. The van der Waals surface area contributed by atoms with Crippen LogP contribution in [-0.4, -0.2) is 47.3 Å². The van der Waals surface area contributed by atoms with Gasteiger partial charge in [0.05, 0.1) is 12.2 Å². The number of nitrogens with two attached hydrogens (primary N) is 1. The van der Waals surface area contributed by atoms with E-state index in [1.54, 1.807) is 0 Å². The zero-order valence-corrected chi connectivity index (χ0v) is 9.80. The molecule has 0 spiro atoms. The molecule has 2 fully saturated rings. The number of oxime groups is 1. The maximum Gasteiger partial charge on any atom is 0.140 e. The zero-order valence-electron chi connectivity index (χ0n) is 9.80. The van der Waals surface area contributed by atoms with Gasteiger partial charge in [-0.2, -0.15) is 0 Å². The molecule has 5 nitrogen and oxygen atoms in total. The summed E-state index contributed by atoms with van der Waals surface area (Å²) in [6, 6.07) is 0.378. The van der Waals surface area contributed by atoms with Gasteiger partial charge in [0.15, 0.2) is 0 Å². The lowest BCUT2D eigenvalue weighted by atomic mass is 10.1. The minimum atomic E-state index is 0.325. The normalized spacial score (nSPS) is 32.9. The second-order valence-electron chi connectivity index (χ2n) is 4.77. The van der Waals surface area contributed by atoms with E-state index < -0.39 is 0 Å². The highest BCUT2D eigenvalue weighted by Gasteiger charge is 2.36. The number of ether oxygens (including phenoxy) is 1. The van der Waals surface area contributed by atoms with Crippen molar-refractivity contribution in [1.29, 1.82) is 0 Å². The molecule has 0 saturated carbocycles. The molecule has 3 atom stereocenters. The Labute approximate surface area is 96.2 Å². The topological polar surface area (TPSA) is 71.1 Å². The molecular formula is C11H21N3O2. The van der Waals surface area contributed by atoms with Gasteiger partial charge in [0.25, 0.3) is 0 Å². The number of rotatable bonds is 4. The Morgan fingerprint density at radius 1 is 1.50 bits per heavy atom. The van der Waals surface area contributed by atoms with Crippen LogP contribution in [0.3, 0.4) is 0 Å². The molecule has 2 saturated heterocycles. The molecule has 0 aromatic carbocycles. The van der Waals surface area contributed by atoms with Crippen LogP contribution in [-0.2, 0) is 4.74 Å². The number of likely N-dealkylation sites (tertiary alicyclic amines) is 1. The predicted molar refractivity (Wildman–Crippen MR) is 61.6 cm³/mol. The van der Waals surface area contributed by atoms with Crippen LogP contribution >= 0.6 is 0 Å². The van der Waals surface area contributed by atoms with Crippen LogP contribution in [0.1, 0.15) is 32.6 Å². The van der Waals surface area contributed by atoms with E-state index in [0.29, 0.717) is 30.5 Å². The van der Waals surface area contributed by atoms with Crippen molar-refractivity contribution in [3.8, 4) is 0 Å². The molecule has 0 amide bonds. The van der Waals surface area contributed by atoms with Gasteiger partial charge in [-0.15, -0.1) is 0 Å². The maximum absolute atomic E-state index is 8.61. The maximum atomic E-state index is 8.61. The summed E-state index contributed by atoms with van der Waals surface area (Å²) in [5.41, 5.74) is 5.58. The van der Waals surface area contributed by atoms with E-state index in [1.165, 1.54) is 12.8 Å². The van der Waals surface area contributed by atoms with Crippen LogP contribution in [0.4, 0.5) is 0 Å². The third kappa shape index (κ3) is 2.47. The van der Waals surface area contributed by atoms with Crippen LogP contribution < -0.4 is 5.73 Å². The number of amidine groups is 1. The lowest BCUT2D eigenvalue weighted by Crippen LogP contribution is -2.48. The molecule has 0 aliphatic carbocycles. The standard InChI is InChI=1S/C11H21N3O2/c1-2-8(5-11(12)13-15)14-6-9-3-4-10(7-14)16-9/h8-10,15H,2-7H2,1H3,(H2,12,13). The monoisotopic (exact) mass is 227 g/mol. The second kappa shape index (κ2) is 5.01. The van der Waals surface area contributed by atoms with Crippen LogP contribution in [0, 0.1) is 0 Å². The predicted octanol–water partition coefficient (Wildman–Crippen LogP) is 0.765. The highest BCUT2D eigenvalue weighted by molar-refractivity contribution is 5.80. The van der Waals surface area contributed by atoms with E-state index in [-0.39, 0.29) is 0 Å². The fourth-order valence-electron chi connectivity index (χ4n) is 2.76. The number of morpholine rings is 1. The van der Waals surface area contributed by atoms with Gasteiger partial charge in [0, 0.05) is 25.6 Å². The number of fused-ring (bicyclic) bond motifs is 2. The van der Waals surface area contributed by atoms with Gasteiger partial charge < -0.3 is 15.7 Å². The van der Waals surface area contributed by atoms with Crippen molar-refractivity contribution in [3.05, 3.63) is 0 Å². The Morgan fingerprint density at radius 2 is 2.12 bits per heavy atom. The van der Waals surface area contributed by atoms with Crippen molar-refractivity contribution in [3.63, 3.8) is 0 Å². The van der Waals surface area contributed by atoms with Gasteiger partial charge in [-0.05, 0) is 19.3 Å². The van der Waals surface area contributed by atoms with Crippen LogP contribution in [0.2, 0.25) is 0 Å². The highest BCUT2D eigenvalue weighted by Crippen LogP contribution is 2.28. The van der Waals surface area contributed by atoms with Crippen LogP contribution in [0.5, 0.6) is 0 Å². The lowest BCUT2D eigenvalue weighted by molar-refractivity contribution is -0.0523. The van der Waals surface area contributed by atoms with Crippen molar-refractivity contribution >= 4 is 5.84 Å². The third-order valence-corrected chi connectivity index (χ3v) is 3.63. The summed E-state index contributed by atoms with van der Waals surface area (Å²) in [6.45, 7) is 4.13. The smallest absolute Gasteiger partial charge is 0.140 e. The van der Waals surface area contributed by atoms with Gasteiger partial charge in [-0.3, -0.25) is 4.90 Å². The summed E-state index contributed by atoms with van der Waals surface area (Å²) < 4.78 is 5.80. The Bertz CT molecular complexity index is 258. The molecule has 2 aliphatic heterocycles. The van der Waals surface area contributed by atoms with E-state index in [9.17, 15) is 0 Å². The average Bonchev–Trinajstić information content (AvgIpc) is 2.64. The summed E-state index contributed by atoms with van der Waals surface area (Å²) in [5, 5.41) is 11.7. The van der Waals surface area contributed by atoms with E-state index in [1.807, 2.05) is 0 Å². The first-order chi connectivity index (χ1) is 7.72. The molecule has 0 aromatic heterocycles. The van der Waals surface area contributed by atoms with E-state index >= 15 is 0 Å². The fraction of sp³-hybridized carbons (Fsp3) is 0.909. The summed E-state index contributed by atoms with van der Waals surface area (Å²) in [4.78, 5) is 2.43. The molecule has 2 heterocycles. The van der Waals surface area contributed by atoms with E-state index in [4.69, 9.17) is 15.7 Å². The minimum Gasteiger partial charge on any atom is -0.409 e. The summed E-state index contributed by atoms with van der Waals surface area (Å²) in [7, 11) is 0. The molecule has 0 radical (unpaired) electrons. The lowest BCUT2D eigenvalue weighted by Gasteiger charge is -2.37. The van der Waals surface area contributed by atoms with E-state index in [0.717, 1.165) is 19.5 Å². The Balaban J connectivity index is 1.94. The molecular weight excluding hydrogens is 206 g/mol. The average molecular weight is 227 g/mol. The molecule has 92 valence electrons. The first-order valence-electron chi connectivity index (χ1n) is 6.08. The SMILES string of the molecule is CCC(CC(N)=NO)N1CC2CCC(C1)O2. The van der Waals surface area contributed by atoms with Gasteiger partial charge in [0.2, 0.25) is 0 Å². The zero-order chi connectivity index (χ0) is 11.5. The molecule has 2 aliphatic rings. The first-order valence-corrected chi connectivity index (χ1v) is 6.08. The Kier molecular flexibility index (Phi) is 3.66. The third-order valence-electron chi connectivity index (χ3n) is 3.63. The molecule has 16 heavy (non-hydrogen) atoms. The molecule has 5 heteroatoms. The highest BCUT2D eigenvalue weighted by atomic mass is 16.5. The van der Waals surface area contributed by atoms with Crippen molar-refractivity contribution in [1.82, 2.24) is 4.90 Å². The number of hydrogen-bond acceptors (Lipinski definition) is 4. The fourth-order valence-corrected chi connectivity index (χ4v) is 2.76. The van der Waals surface area contributed by atoms with Gasteiger partial charge in [-0.1, -0.05) is 12.1 Å². The number of hydrogen-bond donors (Lipinski definition) is 2. The number of nitrogens with zero attached hydrogens (tertiary/aromatic N) is 2. The van der Waals surface area contributed by atoms with Gasteiger partial charge >= 0.3 is 0 Å². The first kappa shape index (κ1) is 11.7. The molecule has 0 aromatic rings. The minimum absolute atomic E-state index is 0.325. The van der Waals surface area contributed by atoms with Gasteiger partial charge in [-0.25, -0.2) is 0 Å². The summed E-state index contributed by atoms with van der Waals surface area (Å²) >= 11 is 0. The molecule has 3 N–H and O–H groups in total. The largest absolute Gasteiger partial charge is 0.409 e. The Hall–Kier alpha value is -0.810. The quantitative estimate of drug-likeness (QED) is 0.322. The molecule has 2 rings (SSSR count). The van der Waals surface area contributed by atoms with Crippen molar-refractivity contribution < 1.29 is 9.94 Å². The van der Waals surface area contributed by atoms with Crippen molar-refractivity contribution in [2.24, 2.45) is 10.9 Å². The van der Waals surface area contributed by atoms with Crippen LogP contribution in [0.15, 0.2) is 5.16 Å². The summed E-state index contributed by atoms with van der Waals surface area (Å²) in [5.74, 6) is 0.325. The Morgan fingerprint density at radius 3 is 2.62 bits per heavy atom. The van der Waals surface area contributed by atoms with Crippen LogP contribution in [0.25, 0.3) is 0 Å². The van der Waals surface area contributed by atoms with Crippen molar-refractivity contribution in [2.45, 2.75) is 50.9 Å². The van der Waals surface area contributed by atoms with E-state index in [2.05, 4.69) is 17.0 Å². The van der Waals surface area contributed by atoms with Crippen molar-refractivity contribution in [2.75, 3.05) is 13.1 Å².